The monoisotopic (exact) mass is 221 g/mol. The van der Waals surface area contributed by atoms with Crippen LogP contribution in [0, 0.1) is 19.8 Å². The van der Waals surface area contributed by atoms with Crippen LogP contribution >= 0.6 is 12.2 Å². The number of thiocarbonyl (C=S) groups is 1. The first kappa shape index (κ1) is 12.2. The van der Waals surface area contributed by atoms with Crippen molar-refractivity contribution in [2.24, 2.45) is 11.7 Å². The summed E-state index contributed by atoms with van der Waals surface area (Å²) in [5, 5.41) is 0. The van der Waals surface area contributed by atoms with E-state index < -0.39 is 0 Å². The van der Waals surface area contributed by atoms with Crippen LogP contribution in [0.5, 0.6) is 0 Å². The van der Waals surface area contributed by atoms with Crippen molar-refractivity contribution in [2.45, 2.75) is 33.6 Å². The molecule has 1 atom stereocenters. The molecule has 0 amide bonds. The van der Waals surface area contributed by atoms with E-state index in [0.29, 0.717) is 10.9 Å². The number of aryl methyl sites for hydroxylation is 2. The Hall–Kier alpha value is -0.890. The topological polar surface area (TPSA) is 26.0 Å². The molecule has 0 saturated carbocycles. The van der Waals surface area contributed by atoms with Gasteiger partial charge in [-0.25, -0.2) is 0 Å². The van der Waals surface area contributed by atoms with Gasteiger partial charge in [-0.05, 0) is 37.3 Å². The SMILES string of the molecule is Cc1ccc(C)c(CC(C)CC(N)=S)c1. The third-order valence-electron chi connectivity index (χ3n) is 2.62. The second kappa shape index (κ2) is 5.26. The van der Waals surface area contributed by atoms with E-state index >= 15 is 0 Å². The molecule has 0 radical (unpaired) electrons. The fourth-order valence-corrected chi connectivity index (χ4v) is 2.10. The summed E-state index contributed by atoms with van der Waals surface area (Å²) in [6, 6.07) is 6.58. The van der Waals surface area contributed by atoms with Crippen molar-refractivity contribution < 1.29 is 0 Å². The van der Waals surface area contributed by atoms with Gasteiger partial charge in [0.2, 0.25) is 0 Å². The van der Waals surface area contributed by atoms with Crippen LogP contribution in [0.15, 0.2) is 18.2 Å². The quantitative estimate of drug-likeness (QED) is 0.790. The second-order valence-corrected chi connectivity index (χ2v) is 4.93. The summed E-state index contributed by atoms with van der Waals surface area (Å²) in [6.45, 7) is 6.48. The Morgan fingerprint density at radius 3 is 2.67 bits per heavy atom. The third kappa shape index (κ3) is 4.00. The van der Waals surface area contributed by atoms with Crippen molar-refractivity contribution in [3.8, 4) is 0 Å². The molecule has 2 heteroatoms. The van der Waals surface area contributed by atoms with Crippen molar-refractivity contribution in [1.82, 2.24) is 0 Å². The van der Waals surface area contributed by atoms with Crippen LogP contribution in [0.1, 0.15) is 30.0 Å². The predicted molar refractivity (Wildman–Crippen MR) is 70.2 cm³/mol. The maximum Gasteiger partial charge on any atom is 0.0730 e. The van der Waals surface area contributed by atoms with Gasteiger partial charge in [0.15, 0.2) is 0 Å². The maximum absolute atomic E-state index is 5.55. The van der Waals surface area contributed by atoms with E-state index in [4.69, 9.17) is 18.0 Å². The molecule has 0 spiro atoms. The second-order valence-electron chi connectivity index (χ2n) is 4.41. The van der Waals surface area contributed by atoms with Gasteiger partial charge >= 0.3 is 0 Å². The molecule has 0 heterocycles. The van der Waals surface area contributed by atoms with Crippen LogP contribution < -0.4 is 5.73 Å². The molecule has 1 aromatic carbocycles. The minimum absolute atomic E-state index is 0.531. The van der Waals surface area contributed by atoms with Crippen LogP contribution in [0.3, 0.4) is 0 Å². The number of rotatable bonds is 4. The highest BCUT2D eigenvalue weighted by Gasteiger charge is 2.07. The Morgan fingerprint density at radius 2 is 2.07 bits per heavy atom. The first-order chi connectivity index (χ1) is 6.99. The van der Waals surface area contributed by atoms with E-state index in [2.05, 4.69) is 39.0 Å². The predicted octanol–water partition coefficient (Wildman–Crippen LogP) is 3.16. The minimum atomic E-state index is 0.531. The van der Waals surface area contributed by atoms with E-state index in [-0.39, 0.29) is 0 Å². The molecule has 1 unspecified atom stereocenters. The van der Waals surface area contributed by atoms with Gasteiger partial charge in [-0.3, -0.25) is 0 Å². The van der Waals surface area contributed by atoms with E-state index in [9.17, 15) is 0 Å². The number of benzene rings is 1. The lowest BCUT2D eigenvalue weighted by molar-refractivity contribution is 0.605. The lowest BCUT2D eigenvalue weighted by Gasteiger charge is -2.13. The molecular weight excluding hydrogens is 202 g/mol. The highest BCUT2D eigenvalue weighted by atomic mass is 32.1. The van der Waals surface area contributed by atoms with Gasteiger partial charge in [-0.1, -0.05) is 42.9 Å². The first-order valence-corrected chi connectivity index (χ1v) is 5.74. The molecular formula is C13H19NS. The first-order valence-electron chi connectivity index (χ1n) is 5.33. The smallest absolute Gasteiger partial charge is 0.0730 e. The fourth-order valence-electron chi connectivity index (χ4n) is 1.81. The van der Waals surface area contributed by atoms with Crippen molar-refractivity contribution in [3.05, 3.63) is 34.9 Å². The Bertz CT molecular complexity index is 358. The van der Waals surface area contributed by atoms with Crippen molar-refractivity contribution in [1.29, 1.82) is 0 Å². The zero-order chi connectivity index (χ0) is 11.4. The number of nitrogens with two attached hydrogens (primary N) is 1. The van der Waals surface area contributed by atoms with Gasteiger partial charge in [0.05, 0.1) is 4.99 Å². The highest BCUT2D eigenvalue weighted by Crippen LogP contribution is 2.17. The highest BCUT2D eigenvalue weighted by molar-refractivity contribution is 7.80. The minimum Gasteiger partial charge on any atom is -0.393 e. The summed E-state index contributed by atoms with van der Waals surface area (Å²) in [4.78, 5) is 0.618. The lowest BCUT2D eigenvalue weighted by Crippen LogP contribution is -2.14. The van der Waals surface area contributed by atoms with E-state index in [1.54, 1.807) is 0 Å². The van der Waals surface area contributed by atoms with Crippen LogP contribution in [-0.4, -0.2) is 4.99 Å². The molecule has 0 aliphatic heterocycles. The summed E-state index contributed by atoms with van der Waals surface area (Å²) in [5.74, 6) is 0.531. The Morgan fingerprint density at radius 1 is 1.40 bits per heavy atom. The average Bonchev–Trinajstić information content (AvgIpc) is 2.10. The Balaban J connectivity index is 2.71. The summed E-state index contributed by atoms with van der Waals surface area (Å²) in [7, 11) is 0. The third-order valence-corrected chi connectivity index (χ3v) is 2.79. The molecule has 1 nitrogen and oxygen atoms in total. The van der Waals surface area contributed by atoms with E-state index in [1.807, 2.05) is 0 Å². The molecule has 0 bridgehead atoms. The molecule has 0 aliphatic rings. The van der Waals surface area contributed by atoms with Crippen LogP contribution in [0.2, 0.25) is 0 Å². The maximum atomic E-state index is 5.55. The largest absolute Gasteiger partial charge is 0.393 e. The standard InChI is InChI=1S/C13H19NS/c1-9-4-5-11(3)12(6-9)7-10(2)8-13(14)15/h4-6,10H,7-8H2,1-3H3,(H2,14,15). The molecule has 0 aromatic heterocycles. The van der Waals surface area contributed by atoms with Crippen molar-refractivity contribution >= 4 is 17.2 Å². The summed E-state index contributed by atoms with van der Waals surface area (Å²) >= 11 is 4.92. The van der Waals surface area contributed by atoms with Gasteiger partial charge < -0.3 is 5.73 Å². The number of hydrogen-bond acceptors (Lipinski definition) is 1. The van der Waals surface area contributed by atoms with Crippen LogP contribution in [0.4, 0.5) is 0 Å². The normalized spacial score (nSPS) is 12.5. The Kier molecular flexibility index (Phi) is 4.28. The molecule has 1 rings (SSSR count). The summed E-state index contributed by atoms with van der Waals surface area (Å²) in [5.41, 5.74) is 9.64. The van der Waals surface area contributed by atoms with Crippen LogP contribution in [0.25, 0.3) is 0 Å². The molecule has 0 fully saturated rings. The zero-order valence-corrected chi connectivity index (χ0v) is 10.5. The average molecular weight is 221 g/mol. The van der Waals surface area contributed by atoms with E-state index in [0.717, 1.165) is 12.8 Å². The van der Waals surface area contributed by atoms with Crippen LogP contribution in [-0.2, 0) is 6.42 Å². The number of hydrogen-bond donors (Lipinski definition) is 1. The summed E-state index contributed by atoms with van der Waals surface area (Å²) < 4.78 is 0. The molecule has 0 aliphatic carbocycles. The molecule has 15 heavy (non-hydrogen) atoms. The van der Waals surface area contributed by atoms with Crippen molar-refractivity contribution in [2.75, 3.05) is 0 Å². The fraction of sp³-hybridized carbons (Fsp3) is 0.462. The van der Waals surface area contributed by atoms with Crippen molar-refractivity contribution in [3.63, 3.8) is 0 Å². The lowest BCUT2D eigenvalue weighted by atomic mass is 9.94. The molecule has 2 N–H and O–H groups in total. The van der Waals surface area contributed by atoms with Gasteiger partial charge in [-0.15, -0.1) is 0 Å². The zero-order valence-electron chi connectivity index (χ0n) is 9.71. The molecule has 0 saturated heterocycles. The van der Waals surface area contributed by atoms with Gasteiger partial charge in [0, 0.05) is 6.42 Å². The molecule has 82 valence electrons. The van der Waals surface area contributed by atoms with E-state index in [1.165, 1.54) is 16.7 Å². The summed E-state index contributed by atoms with van der Waals surface area (Å²) in [6.07, 6.45) is 1.90. The van der Waals surface area contributed by atoms with Gasteiger partial charge in [-0.2, -0.15) is 0 Å². The van der Waals surface area contributed by atoms with Gasteiger partial charge in [0.1, 0.15) is 0 Å². The van der Waals surface area contributed by atoms with Gasteiger partial charge in [0.25, 0.3) is 0 Å². The molecule has 1 aromatic rings. The Labute approximate surface area is 97.7 Å².